The summed E-state index contributed by atoms with van der Waals surface area (Å²) < 4.78 is 38.5. The van der Waals surface area contributed by atoms with E-state index in [0.29, 0.717) is 10.8 Å². The zero-order valence-corrected chi connectivity index (χ0v) is 13.2. The second-order valence-corrected chi connectivity index (χ2v) is 7.17. The molecule has 0 aromatic heterocycles. The van der Waals surface area contributed by atoms with E-state index in [-0.39, 0.29) is 17.8 Å². The number of benzene rings is 1. The lowest BCUT2D eigenvalue weighted by molar-refractivity contribution is -0.0328. The SMILES string of the molecule is FC(F)(F)Sc1ccccc1[C@H](CC1CC1)N1CCNCC1. The Morgan fingerprint density at radius 1 is 1.18 bits per heavy atom. The van der Waals surface area contributed by atoms with Gasteiger partial charge in [-0.15, -0.1) is 0 Å². The van der Waals surface area contributed by atoms with Gasteiger partial charge in [0.15, 0.2) is 0 Å². The van der Waals surface area contributed by atoms with Gasteiger partial charge in [0.25, 0.3) is 0 Å². The van der Waals surface area contributed by atoms with E-state index in [4.69, 9.17) is 0 Å². The van der Waals surface area contributed by atoms with Gasteiger partial charge in [-0.25, -0.2) is 0 Å². The highest BCUT2D eigenvalue weighted by Crippen LogP contribution is 2.45. The molecule has 122 valence electrons. The maximum atomic E-state index is 12.8. The number of halogens is 3. The third-order valence-corrected chi connectivity index (χ3v) is 5.17. The van der Waals surface area contributed by atoms with Gasteiger partial charge in [-0.2, -0.15) is 13.2 Å². The maximum Gasteiger partial charge on any atom is 0.446 e. The fourth-order valence-electron chi connectivity index (χ4n) is 3.11. The Morgan fingerprint density at radius 2 is 1.86 bits per heavy atom. The molecule has 1 aliphatic heterocycles. The van der Waals surface area contributed by atoms with Crippen molar-refractivity contribution in [3.63, 3.8) is 0 Å². The molecule has 1 saturated carbocycles. The van der Waals surface area contributed by atoms with Crippen molar-refractivity contribution in [2.75, 3.05) is 26.2 Å². The lowest BCUT2D eigenvalue weighted by Gasteiger charge is -2.36. The van der Waals surface area contributed by atoms with E-state index < -0.39 is 5.51 Å². The van der Waals surface area contributed by atoms with Gasteiger partial charge in [0.2, 0.25) is 0 Å². The monoisotopic (exact) mass is 330 g/mol. The fraction of sp³-hybridized carbons (Fsp3) is 0.625. The van der Waals surface area contributed by atoms with Gasteiger partial charge < -0.3 is 5.32 Å². The van der Waals surface area contributed by atoms with Crippen molar-refractivity contribution in [3.05, 3.63) is 29.8 Å². The molecule has 0 spiro atoms. The highest BCUT2D eigenvalue weighted by Gasteiger charge is 2.35. The van der Waals surface area contributed by atoms with Gasteiger partial charge in [-0.3, -0.25) is 4.90 Å². The van der Waals surface area contributed by atoms with Crippen molar-refractivity contribution in [3.8, 4) is 0 Å². The van der Waals surface area contributed by atoms with Crippen LogP contribution in [0, 0.1) is 5.92 Å². The molecule has 1 aromatic rings. The minimum absolute atomic E-state index is 0.0249. The summed E-state index contributed by atoms with van der Waals surface area (Å²) in [4.78, 5) is 2.71. The predicted octanol–water partition coefficient (Wildman–Crippen LogP) is 4.04. The molecule has 1 N–H and O–H groups in total. The average Bonchev–Trinajstić information content (AvgIpc) is 3.29. The molecule has 22 heavy (non-hydrogen) atoms. The lowest BCUT2D eigenvalue weighted by Crippen LogP contribution is -2.45. The third-order valence-electron chi connectivity index (χ3n) is 4.35. The first-order valence-electron chi connectivity index (χ1n) is 7.82. The summed E-state index contributed by atoms with van der Waals surface area (Å²) in [7, 11) is 0. The van der Waals surface area contributed by atoms with Crippen molar-refractivity contribution >= 4 is 11.8 Å². The standard InChI is InChI=1S/C16H21F3N2S/c17-16(18,19)22-15-4-2-1-3-13(15)14(11-12-5-6-12)21-9-7-20-8-10-21/h1-4,12,14,20H,5-11H2/t14-/m0/s1. The van der Waals surface area contributed by atoms with Crippen molar-refractivity contribution in [1.82, 2.24) is 10.2 Å². The molecule has 0 amide bonds. The van der Waals surface area contributed by atoms with Gasteiger partial charge in [0.1, 0.15) is 0 Å². The van der Waals surface area contributed by atoms with Crippen LogP contribution in [0.5, 0.6) is 0 Å². The van der Waals surface area contributed by atoms with Crippen LogP contribution in [-0.4, -0.2) is 36.6 Å². The number of hydrogen-bond acceptors (Lipinski definition) is 3. The summed E-state index contributed by atoms with van der Waals surface area (Å²) in [5.41, 5.74) is -3.39. The van der Waals surface area contributed by atoms with E-state index in [0.717, 1.165) is 38.2 Å². The number of alkyl halides is 3. The second kappa shape index (κ2) is 6.81. The highest BCUT2D eigenvalue weighted by molar-refractivity contribution is 8.00. The summed E-state index contributed by atoms with van der Waals surface area (Å²) in [6.07, 6.45) is 3.42. The Morgan fingerprint density at radius 3 is 2.50 bits per heavy atom. The molecule has 1 aliphatic carbocycles. The van der Waals surface area contributed by atoms with E-state index in [1.807, 2.05) is 12.1 Å². The maximum absolute atomic E-state index is 12.8. The van der Waals surface area contributed by atoms with Crippen LogP contribution in [0.3, 0.4) is 0 Å². The molecule has 2 aliphatic rings. The molecule has 1 heterocycles. The number of thioether (sulfide) groups is 1. The van der Waals surface area contributed by atoms with Crippen LogP contribution in [0.15, 0.2) is 29.2 Å². The van der Waals surface area contributed by atoms with E-state index in [1.54, 1.807) is 12.1 Å². The molecular weight excluding hydrogens is 309 g/mol. The topological polar surface area (TPSA) is 15.3 Å². The summed E-state index contributed by atoms with van der Waals surface area (Å²) in [5, 5.41) is 3.32. The van der Waals surface area contributed by atoms with Crippen molar-refractivity contribution in [2.45, 2.75) is 35.7 Å². The van der Waals surface area contributed by atoms with Gasteiger partial charge in [-0.05, 0) is 35.7 Å². The molecule has 2 fully saturated rings. The van der Waals surface area contributed by atoms with E-state index in [1.165, 1.54) is 12.8 Å². The Hall–Kier alpha value is -0.720. The molecule has 1 atom stereocenters. The van der Waals surface area contributed by atoms with Gasteiger partial charge in [-0.1, -0.05) is 31.0 Å². The largest absolute Gasteiger partial charge is 0.446 e. The van der Waals surface area contributed by atoms with Crippen LogP contribution in [0.1, 0.15) is 30.9 Å². The number of rotatable bonds is 5. The normalized spacial score (nSPS) is 21.8. The van der Waals surface area contributed by atoms with Crippen LogP contribution in [0.2, 0.25) is 0 Å². The summed E-state index contributed by atoms with van der Waals surface area (Å²) in [5.74, 6) is 0.684. The number of nitrogens with zero attached hydrogens (tertiary/aromatic N) is 1. The van der Waals surface area contributed by atoms with Crippen LogP contribution in [-0.2, 0) is 0 Å². The zero-order chi connectivity index (χ0) is 15.6. The molecule has 0 bridgehead atoms. The van der Waals surface area contributed by atoms with E-state index >= 15 is 0 Å². The Balaban J connectivity index is 1.85. The minimum atomic E-state index is -4.23. The molecule has 1 aromatic carbocycles. The second-order valence-electron chi connectivity index (χ2n) is 6.07. The number of hydrogen-bond donors (Lipinski definition) is 1. The average molecular weight is 330 g/mol. The van der Waals surface area contributed by atoms with Gasteiger partial charge in [0, 0.05) is 37.1 Å². The minimum Gasteiger partial charge on any atom is -0.314 e. The molecule has 3 rings (SSSR count). The highest BCUT2D eigenvalue weighted by atomic mass is 32.2. The van der Waals surface area contributed by atoms with Crippen LogP contribution < -0.4 is 5.32 Å². The van der Waals surface area contributed by atoms with Crippen molar-refractivity contribution in [1.29, 1.82) is 0 Å². The molecule has 0 unspecified atom stereocenters. The summed E-state index contributed by atoms with van der Waals surface area (Å²) in [6, 6.07) is 7.15. The molecular formula is C16H21F3N2S. The lowest BCUT2D eigenvalue weighted by atomic mass is 9.98. The third kappa shape index (κ3) is 4.40. The Kier molecular flexibility index (Phi) is 5.00. The molecule has 1 saturated heterocycles. The molecule has 0 radical (unpaired) electrons. The first-order valence-corrected chi connectivity index (χ1v) is 8.64. The number of nitrogens with one attached hydrogen (secondary N) is 1. The smallest absolute Gasteiger partial charge is 0.314 e. The Labute approximate surface area is 133 Å². The van der Waals surface area contributed by atoms with E-state index in [9.17, 15) is 13.2 Å². The van der Waals surface area contributed by atoms with Crippen LogP contribution in [0.4, 0.5) is 13.2 Å². The van der Waals surface area contributed by atoms with Crippen molar-refractivity contribution < 1.29 is 13.2 Å². The Bertz CT molecular complexity index is 496. The first kappa shape index (κ1) is 16.1. The molecule has 2 nitrogen and oxygen atoms in total. The zero-order valence-electron chi connectivity index (χ0n) is 12.4. The summed E-state index contributed by atoms with van der Waals surface area (Å²) >= 11 is 0.0249. The van der Waals surface area contributed by atoms with Crippen LogP contribution in [0.25, 0.3) is 0 Å². The van der Waals surface area contributed by atoms with Gasteiger partial charge >= 0.3 is 5.51 Å². The van der Waals surface area contributed by atoms with E-state index in [2.05, 4.69) is 10.2 Å². The summed E-state index contributed by atoms with van der Waals surface area (Å²) in [6.45, 7) is 3.64. The number of piperazine rings is 1. The van der Waals surface area contributed by atoms with Crippen LogP contribution >= 0.6 is 11.8 Å². The fourth-order valence-corrected chi connectivity index (χ4v) is 3.83. The predicted molar refractivity (Wildman–Crippen MR) is 82.9 cm³/mol. The quantitative estimate of drug-likeness (QED) is 0.820. The van der Waals surface area contributed by atoms with Crippen molar-refractivity contribution in [2.24, 2.45) is 5.92 Å². The van der Waals surface area contributed by atoms with Gasteiger partial charge in [0.05, 0.1) is 0 Å². The first-order chi connectivity index (χ1) is 10.5. The molecule has 6 heteroatoms.